The van der Waals surface area contributed by atoms with Crippen molar-refractivity contribution in [2.24, 2.45) is 7.05 Å². The summed E-state index contributed by atoms with van der Waals surface area (Å²) in [6, 6.07) is 17.9. The lowest BCUT2D eigenvalue weighted by molar-refractivity contribution is 0.0963. The van der Waals surface area contributed by atoms with Gasteiger partial charge in [0.15, 0.2) is 0 Å². The third-order valence-corrected chi connectivity index (χ3v) is 4.96. The van der Waals surface area contributed by atoms with E-state index >= 15 is 0 Å². The van der Waals surface area contributed by atoms with Gasteiger partial charge in [0.05, 0.1) is 11.7 Å². The van der Waals surface area contributed by atoms with Crippen molar-refractivity contribution in [3.63, 3.8) is 0 Å². The van der Waals surface area contributed by atoms with Gasteiger partial charge >= 0.3 is 0 Å². The van der Waals surface area contributed by atoms with Crippen molar-refractivity contribution in [1.29, 1.82) is 0 Å². The number of carbonyl (C=O) groups is 1. The van der Waals surface area contributed by atoms with Gasteiger partial charge in [-0.3, -0.25) is 9.48 Å². The fraction of sp³-hybridized carbons (Fsp3) is 0.182. The lowest BCUT2D eigenvalue weighted by Gasteiger charge is -2.20. The number of nitrogens with one attached hydrogen (secondary N) is 3. The van der Waals surface area contributed by atoms with Crippen LogP contribution in [0, 0.1) is 6.92 Å². The molecule has 1 unspecified atom stereocenters. The molecule has 0 radical (unpaired) electrons. The van der Waals surface area contributed by atoms with Crippen molar-refractivity contribution in [3.05, 3.63) is 83.2 Å². The average Bonchev–Trinajstić information content (AvgIpc) is 3.28. The Balaban J connectivity index is 1.79. The molecule has 2 aromatic carbocycles. The summed E-state index contributed by atoms with van der Waals surface area (Å²) >= 11 is 0. The molecule has 1 atom stereocenters. The van der Waals surface area contributed by atoms with Gasteiger partial charge in [-0.1, -0.05) is 30.3 Å². The molecule has 0 fully saturated rings. The molecular weight excluding hydrogens is 350 g/mol. The summed E-state index contributed by atoms with van der Waals surface area (Å²) < 4.78 is 1.84. The van der Waals surface area contributed by atoms with Gasteiger partial charge in [0.1, 0.15) is 5.82 Å². The summed E-state index contributed by atoms with van der Waals surface area (Å²) in [7, 11) is 3.56. The van der Waals surface area contributed by atoms with Gasteiger partial charge < -0.3 is 15.6 Å². The second-order valence-corrected chi connectivity index (χ2v) is 6.86. The Morgan fingerprint density at radius 1 is 1.14 bits per heavy atom. The van der Waals surface area contributed by atoms with Crippen LogP contribution in [-0.2, 0) is 7.05 Å². The number of benzene rings is 2. The number of aromatic nitrogens is 3. The van der Waals surface area contributed by atoms with E-state index in [1.165, 1.54) is 0 Å². The van der Waals surface area contributed by atoms with Gasteiger partial charge in [-0.15, -0.1) is 0 Å². The molecule has 2 aromatic heterocycles. The zero-order valence-electron chi connectivity index (χ0n) is 16.2. The van der Waals surface area contributed by atoms with Crippen LogP contribution in [0.5, 0.6) is 0 Å². The molecule has 6 nitrogen and oxygen atoms in total. The quantitative estimate of drug-likeness (QED) is 0.498. The highest BCUT2D eigenvalue weighted by Gasteiger charge is 2.20. The molecule has 2 heterocycles. The minimum atomic E-state index is -0.0929. The maximum absolute atomic E-state index is 11.9. The van der Waals surface area contributed by atoms with Crippen LogP contribution in [0.4, 0.5) is 5.82 Å². The molecule has 0 aliphatic carbocycles. The lowest BCUT2D eigenvalue weighted by atomic mass is 9.97. The maximum atomic E-state index is 11.9. The van der Waals surface area contributed by atoms with Crippen LogP contribution in [0.3, 0.4) is 0 Å². The van der Waals surface area contributed by atoms with Crippen LogP contribution < -0.4 is 10.6 Å². The number of hydrogen-bond donors (Lipinski definition) is 3. The topological polar surface area (TPSA) is 74.7 Å². The number of anilines is 1. The predicted molar refractivity (Wildman–Crippen MR) is 112 cm³/mol. The Hall–Kier alpha value is -3.54. The minimum Gasteiger partial charge on any atom is -0.361 e. The highest BCUT2D eigenvalue weighted by Crippen LogP contribution is 2.32. The van der Waals surface area contributed by atoms with E-state index in [-0.39, 0.29) is 11.9 Å². The van der Waals surface area contributed by atoms with Crippen molar-refractivity contribution in [3.8, 4) is 0 Å². The van der Waals surface area contributed by atoms with Crippen molar-refractivity contribution >= 4 is 22.6 Å². The van der Waals surface area contributed by atoms with Gasteiger partial charge in [0.25, 0.3) is 5.91 Å². The molecule has 6 heteroatoms. The molecule has 4 aromatic rings. The zero-order chi connectivity index (χ0) is 19.7. The summed E-state index contributed by atoms with van der Waals surface area (Å²) in [6.45, 7) is 1.98. The summed E-state index contributed by atoms with van der Waals surface area (Å²) in [4.78, 5) is 15.2. The van der Waals surface area contributed by atoms with Crippen molar-refractivity contribution < 1.29 is 4.79 Å². The normalized spacial score (nSPS) is 12.1. The molecule has 0 saturated carbocycles. The Morgan fingerprint density at radius 2 is 1.89 bits per heavy atom. The van der Waals surface area contributed by atoms with Crippen molar-refractivity contribution in [2.45, 2.75) is 13.0 Å². The maximum Gasteiger partial charge on any atom is 0.251 e. The van der Waals surface area contributed by atoms with E-state index < -0.39 is 0 Å². The number of aryl methyl sites for hydroxylation is 2. The van der Waals surface area contributed by atoms with E-state index in [1.54, 1.807) is 7.05 Å². The smallest absolute Gasteiger partial charge is 0.251 e. The molecule has 0 saturated heterocycles. The first-order valence-corrected chi connectivity index (χ1v) is 9.22. The summed E-state index contributed by atoms with van der Waals surface area (Å²) in [5, 5.41) is 11.9. The van der Waals surface area contributed by atoms with Crippen molar-refractivity contribution in [2.75, 3.05) is 12.4 Å². The summed E-state index contributed by atoms with van der Waals surface area (Å²) in [5.74, 6) is 0.841. The number of fused-ring (bicyclic) bond motifs is 1. The number of aromatic amines is 1. The van der Waals surface area contributed by atoms with E-state index in [1.807, 2.05) is 67.3 Å². The van der Waals surface area contributed by atoms with E-state index in [2.05, 4.69) is 32.8 Å². The molecule has 142 valence electrons. The Kier molecular flexibility index (Phi) is 4.61. The van der Waals surface area contributed by atoms with E-state index in [0.717, 1.165) is 33.5 Å². The standard InChI is InChI=1S/C22H23N5O/c1-14-12-20(27(3)26-14)25-21(15-8-10-16(11-9-15)22(28)23-2)18-13-24-19-7-5-4-6-17(18)19/h4-13,21,24-25H,1-3H3,(H,23,28). The van der Waals surface area contributed by atoms with Gasteiger partial charge in [-0.2, -0.15) is 5.10 Å². The molecule has 0 aliphatic rings. The monoisotopic (exact) mass is 373 g/mol. The molecule has 0 spiro atoms. The first-order chi connectivity index (χ1) is 13.6. The Labute approximate surface area is 163 Å². The van der Waals surface area contributed by atoms with Crippen LogP contribution >= 0.6 is 0 Å². The minimum absolute atomic E-state index is 0.0922. The second kappa shape index (κ2) is 7.23. The number of nitrogens with zero attached hydrogens (tertiary/aromatic N) is 2. The van der Waals surface area contributed by atoms with Gasteiger partial charge in [0, 0.05) is 48.4 Å². The highest BCUT2D eigenvalue weighted by molar-refractivity contribution is 5.94. The fourth-order valence-corrected chi connectivity index (χ4v) is 3.54. The number of H-pyrrole nitrogens is 1. The largest absolute Gasteiger partial charge is 0.361 e. The zero-order valence-corrected chi connectivity index (χ0v) is 16.2. The number of rotatable bonds is 5. The third kappa shape index (κ3) is 3.24. The van der Waals surface area contributed by atoms with Gasteiger partial charge in [0.2, 0.25) is 0 Å². The number of hydrogen-bond acceptors (Lipinski definition) is 3. The molecular formula is C22H23N5O. The van der Waals surface area contributed by atoms with E-state index in [4.69, 9.17) is 0 Å². The fourth-order valence-electron chi connectivity index (χ4n) is 3.54. The molecule has 4 rings (SSSR count). The number of carbonyl (C=O) groups excluding carboxylic acids is 1. The SMILES string of the molecule is CNC(=O)c1ccc(C(Nc2cc(C)nn2C)c2c[nH]c3ccccc23)cc1. The molecule has 28 heavy (non-hydrogen) atoms. The Morgan fingerprint density at radius 3 is 2.57 bits per heavy atom. The van der Waals surface area contributed by atoms with E-state index in [0.29, 0.717) is 5.56 Å². The average molecular weight is 373 g/mol. The third-order valence-electron chi connectivity index (χ3n) is 4.96. The van der Waals surface area contributed by atoms with E-state index in [9.17, 15) is 4.79 Å². The highest BCUT2D eigenvalue weighted by atomic mass is 16.1. The van der Waals surface area contributed by atoms with Crippen LogP contribution in [0.1, 0.15) is 33.2 Å². The Bertz CT molecular complexity index is 1120. The van der Waals surface area contributed by atoms with Crippen LogP contribution in [-0.4, -0.2) is 27.7 Å². The molecule has 0 aliphatic heterocycles. The first kappa shape index (κ1) is 17.9. The van der Waals surface area contributed by atoms with Gasteiger partial charge in [-0.05, 0) is 30.7 Å². The molecule has 3 N–H and O–H groups in total. The predicted octanol–water partition coefficient (Wildman–Crippen LogP) is 3.77. The summed E-state index contributed by atoms with van der Waals surface area (Å²) in [5.41, 5.74) is 4.89. The van der Waals surface area contributed by atoms with Crippen molar-refractivity contribution in [1.82, 2.24) is 20.1 Å². The second-order valence-electron chi connectivity index (χ2n) is 6.86. The number of para-hydroxylation sites is 1. The number of amides is 1. The van der Waals surface area contributed by atoms with Crippen LogP contribution in [0.25, 0.3) is 10.9 Å². The lowest BCUT2D eigenvalue weighted by Crippen LogP contribution is -2.18. The first-order valence-electron chi connectivity index (χ1n) is 9.22. The van der Waals surface area contributed by atoms with Crippen LogP contribution in [0.2, 0.25) is 0 Å². The van der Waals surface area contributed by atoms with Crippen LogP contribution in [0.15, 0.2) is 60.8 Å². The molecule has 1 amide bonds. The van der Waals surface area contributed by atoms with Gasteiger partial charge in [-0.25, -0.2) is 0 Å². The summed E-state index contributed by atoms with van der Waals surface area (Å²) in [6.07, 6.45) is 2.04. The molecule has 0 bridgehead atoms.